The summed E-state index contributed by atoms with van der Waals surface area (Å²) >= 11 is 6.00. The molecule has 0 saturated heterocycles. The van der Waals surface area contributed by atoms with Gasteiger partial charge < -0.3 is 14.6 Å². The van der Waals surface area contributed by atoms with Gasteiger partial charge >= 0.3 is 18.1 Å². The molecule has 5 rings (SSSR count). The Morgan fingerprint density at radius 2 is 1.76 bits per heavy atom. The maximum atomic E-state index is 13.6. The number of alkyl halides is 3. The summed E-state index contributed by atoms with van der Waals surface area (Å²) in [6.45, 7) is 0.0935. The van der Waals surface area contributed by atoms with Crippen molar-refractivity contribution in [2.24, 2.45) is 7.05 Å². The van der Waals surface area contributed by atoms with Gasteiger partial charge in [-0.15, -0.1) is 13.2 Å². The van der Waals surface area contributed by atoms with E-state index >= 15 is 0 Å². The molecule has 0 unspecified atom stereocenters. The van der Waals surface area contributed by atoms with Gasteiger partial charge in [-0.1, -0.05) is 29.8 Å². The van der Waals surface area contributed by atoms with Crippen LogP contribution in [-0.2, 0) is 20.1 Å². The number of imidazole rings is 1. The van der Waals surface area contributed by atoms with E-state index in [2.05, 4.69) is 9.72 Å². The number of hydrogen-bond acceptors (Lipinski definition) is 6. The van der Waals surface area contributed by atoms with Gasteiger partial charge in [-0.25, -0.2) is 4.79 Å². The van der Waals surface area contributed by atoms with E-state index in [-0.39, 0.29) is 42.4 Å². The molecule has 4 aromatic rings. The second-order valence-corrected chi connectivity index (χ2v) is 9.61. The Morgan fingerprint density at radius 3 is 2.42 bits per heavy atom. The molecule has 1 aliphatic carbocycles. The van der Waals surface area contributed by atoms with Crippen LogP contribution in [0.3, 0.4) is 0 Å². The smallest absolute Gasteiger partial charge is 0.425 e. The molecule has 1 aliphatic rings. The summed E-state index contributed by atoms with van der Waals surface area (Å²) in [5.41, 5.74) is -1.30. The highest BCUT2D eigenvalue weighted by atomic mass is 35.5. The Hall–Kier alpha value is -3.77. The van der Waals surface area contributed by atoms with Gasteiger partial charge in [-0.05, 0) is 49.1 Å². The summed E-state index contributed by atoms with van der Waals surface area (Å²) in [4.78, 5) is 30.9. The fraction of sp³-hybridized carbons (Fsp3) is 0.320. The molecule has 0 spiro atoms. The molecule has 0 atom stereocenters. The van der Waals surface area contributed by atoms with Crippen molar-refractivity contribution in [2.45, 2.75) is 44.3 Å². The first-order valence-corrected chi connectivity index (χ1v) is 12.0. The molecule has 0 radical (unpaired) electrons. The highest BCUT2D eigenvalue weighted by Gasteiger charge is 2.40. The van der Waals surface area contributed by atoms with Gasteiger partial charge in [0.2, 0.25) is 0 Å². The van der Waals surface area contributed by atoms with Crippen molar-refractivity contribution in [3.05, 3.63) is 80.0 Å². The average Bonchev–Trinajstić information content (AvgIpc) is 3.48. The van der Waals surface area contributed by atoms with Crippen LogP contribution in [0.5, 0.6) is 17.5 Å². The molecule has 0 aliphatic heterocycles. The Balaban J connectivity index is 1.62. The molecule has 9 nitrogen and oxygen atoms in total. The summed E-state index contributed by atoms with van der Waals surface area (Å²) in [5.74, 6) is -0.524. The molecular weight excluding hydrogens is 529 g/mol. The second-order valence-electron chi connectivity index (χ2n) is 9.18. The SMILES string of the molecule is Cn1c(=O)n(CCC2(O)CC2)c(=O)c2c1nc(Oc1cccc(OC(F)(F)F)c1)n2Cc1ccc(Cl)cc1. The van der Waals surface area contributed by atoms with Gasteiger partial charge in [-0.2, -0.15) is 4.98 Å². The maximum Gasteiger partial charge on any atom is 0.573 e. The van der Waals surface area contributed by atoms with Crippen molar-refractivity contribution in [3.63, 3.8) is 0 Å². The third kappa shape index (κ3) is 5.41. The van der Waals surface area contributed by atoms with Gasteiger partial charge in [-0.3, -0.25) is 18.5 Å². The third-order valence-electron chi connectivity index (χ3n) is 6.33. The van der Waals surface area contributed by atoms with Crippen LogP contribution in [-0.4, -0.2) is 35.8 Å². The van der Waals surface area contributed by atoms with Crippen molar-refractivity contribution >= 4 is 22.8 Å². The monoisotopic (exact) mass is 550 g/mol. The Morgan fingerprint density at radius 1 is 1.08 bits per heavy atom. The molecule has 1 N–H and O–H groups in total. The van der Waals surface area contributed by atoms with Crippen LogP contribution < -0.4 is 20.7 Å². The predicted molar refractivity (Wildman–Crippen MR) is 132 cm³/mol. The lowest BCUT2D eigenvalue weighted by Gasteiger charge is -2.13. The summed E-state index contributed by atoms with van der Waals surface area (Å²) < 4.78 is 51.6. The van der Waals surface area contributed by atoms with Crippen LogP contribution in [0.25, 0.3) is 11.2 Å². The lowest BCUT2D eigenvalue weighted by molar-refractivity contribution is -0.274. The van der Waals surface area contributed by atoms with Gasteiger partial charge in [0.1, 0.15) is 11.5 Å². The fourth-order valence-electron chi connectivity index (χ4n) is 4.10. The minimum Gasteiger partial charge on any atom is -0.425 e. The van der Waals surface area contributed by atoms with Crippen LogP contribution in [0.2, 0.25) is 5.02 Å². The van der Waals surface area contributed by atoms with E-state index in [9.17, 15) is 27.9 Å². The van der Waals surface area contributed by atoms with Gasteiger partial charge in [0.15, 0.2) is 11.2 Å². The van der Waals surface area contributed by atoms with Gasteiger partial charge in [0.25, 0.3) is 5.56 Å². The first kappa shape index (κ1) is 25.9. The van der Waals surface area contributed by atoms with E-state index in [0.717, 1.165) is 22.3 Å². The number of aliphatic hydroxyl groups is 1. The standard InChI is InChI=1S/C25H22ClF3N4O5/c1-31-20-19(21(34)32(23(31)35)12-11-24(36)9-10-24)33(14-15-5-7-16(26)8-6-15)22(30-20)37-17-3-2-4-18(13-17)38-25(27,28)29/h2-8,13,36H,9-12,14H2,1H3. The molecule has 2 aromatic heterocycles. The summed E-state index contributed by atoms with van der Waals surface area (Å²) in [7, 11) is 1.45. The zero-order chi connectivity index (χ0) is 27.2. The lowest BCUT2D eigenvalue weighted by Crippen LogP contribution is -2.40. The number of aryl methyl sites for hydroxylation is 1. The number of ether oxygens (including phenoxy) is 2. The Labute approximate surface area is 218 Å². The molecule has 0 amide bonds. The number of nitrogens with zero attached hydrogens (tertiary/aromatic N) is 4. The molecule has 2 heterocycles. The second kappa shape index (κ2) is 9.52. The molecule has 0 bridgehead atoms. The van der Waals surface area contributed by atoms with E-state index in [1.807, 2.05) is 0 Å². The van der Waals surface area contributed by atoms with Crippen LogP contribution >= 0.6 is 11.6 Å². The van der Waals surface area contributed by atoms with Gasteiger partial charge in [0, 0.05) is 24.7 Å². The van der Waals surface area contributed by atoms with Crippen molar-refractivity contribution in [1.82, 2.24) is 18.7 Å². The van der Waals surface area contributed by atoms with E-state index in [1.165, 1.54) is 28.3 Å². The summed E-state index contributed by atoms with van der Waals surface area (Å²) in [5, 5.41) is 10.7. The first-order valence-electron chi connectivity index (χ1n) is 11.6. The molecule has 38 heavy (non-hydrogen) atoms. The molecule has 200 valence electrons. The highest BCUT2D eigenvalue weighted by Crippen LogP contribution is 2.38. The van der Waals surface area contributed by atoms with Crippen LogP contribution in [0.4, 0.5) is 13.2 Å². The molecule has 2 aromatic carbocycles. The van der Waals surface area contributed by atoms with Gasteiger partial charge in [0.05, 0.1) is 12.1 Å². The summed E-state index contributed by atoms with van der Waals surface area (Å²) in [6, 6.07) is 11.6. The quantitative estimate of drug-likeness (QED) is 0.353. The van der Waals surface area contributed by atoms with E-state index in [4.69, 9.17) is 16.3 Å². The van der Waals surface area contributed by atoms with Crippen LogP contribution in [0.1, 0.15) is 24.8 Å². The average molecular weight is 551 g/mol. The maximum absolute atomic E-state index is 13.6. The zero-order valence-electron chi connectivity index (χ0n) is 20.0. The van der Waals surface area contributed by atoms with Crippen molar-refractivity contribution in [1.29, 1.82) is 0 Å². The fourth-order valence-corrected chi connectivity index (χ4v) is 4.23. The normalized spacial score (nSPS) is 14.6. The molecular formula is C25H22ClF3N4O5. The minimum atomic E-state index is -4.89. The first-order chi connectivity index (χ1) is 17.9. The van der Waals surface area contributed by atoms with Crippen molar-refractivity contribution in [2.75, 3.05) is 0 Å². The zero-order valence-corrected chi connectivity index (χ0v) is 20.8. The largest absolute Gasteiger partial charge is 0.573 e. The highest BCUT2D eigenvalue weighted by molar-refractivity contribution is 6.30. The number of halogens is 4. The molecule has 1 fully saturated rings. The number of benzene rings is 2. The lowest BCUT2D eigenvalue weighted by atomic mass is 10.2. The molecule has 13 heteroatoms. The Kier molecular flexibility index (Phi) is 6.48. The van der Waals surface area contributed by atoms with Crippen LogP contribution in [0.15, 0.2) is 58.1 Å². The van der Waals surface area contributed by atoms with Crippen molar-refractivity contribution < 1.29 is 27.8 Å². The molecule has 1 saturated carbocycles. The number of hydrogen-bond donors (Lipinski definition) is 1. The number of fused-ring (bicyclic) bond motifs is 1. The summed E-state index contributed by atoms with van der Waals surface area (Å²) in [6.07, 6.45) is -3.44. The topological polar surface area (TPSA) is 101 Å². The van der Waals surface area contributed by atoms with Crippen LogP contribution in [0, 0.1) is 0 Å². The number of rotatable bonds is 8. The van der Waals surface area contributed by atoms with E-state index < -0.39 is 29.0 Å². The number of aromatic nitrogens is 4. The predicted octanol–water partition coefficient (Wildman–Crippen LogP) is 4.20. The van der Waals surface area contributed by atoms with E-state index in [1.54, 1.807) is 24.3 Å². The van der Waals surface area contributed by atoms with Crippen molar-refractivity contribution in [3.8, 4) is 17.5 Å². The minimum absolute atomic E-state index is 0.0110. The third-order valence-corrected chi connectivity index (χ3v) is 6.58. The Bertz CT molecular complexity index is 1620. The van der Waals surface area contributed by atoms with E-state index in [0.29, 0.717) is 17.9 Å².